The van der Waals surface area contributed by atoms with E-state index in [1.165, 1.54) is 5.56 Å². The summed E-state index contributed by atoms with van der Waals surface area (Å²) in [6.07, 6.45) is 2.66. The summed E-state index contributed by atoms with van der Waals surface area (Å²) < 4.78 is 11.3. The van der Waals surface area contributed by atoms with Gasteiger partial charge in [-0.2, -0.15) is 4.98 Å². The standard InChI is InChI=1S/C24H22N4O2S2/c1-3-16-8-10-17(11-9-16)21-20(23-26-22(27-30-23)19-7-5-13-32-19)15(2)28(24(31)25-21)14-18-6-4-12-29-18/h4-13,21H,3,14H2,1-2H3,(H,25,31). The summed E-state index contributed by atoms with van der Waals surface area (Å²) in [5.41, 5.74) is 4.24. The van der Waals surface area contributed by atoms with Gasteiger partial charge in [0.1, 0.15) is 5.76 Å². The highest BCUT2D eigenvalue weighted by atomic mass is 32.1. The van der Waals surface area contributed by atoms with Gasteiger partial charge in [-0.3, -0.25) is 0 Å². The molecule has 0 radical (unpaired) electrons. The lowest BCUT2D eigenvalue weighted by molar-refractivity contribution is 0.383. The molecular weight excluding hydrogens is 440 g/mol. The molecule has 0 fully saturated rings. The molecule has 6 nitrogen and oxygen atoms in total. The van der Waals surface area contributed by atoms with Gasteiger partial charge in [0.15, 0.2) is 5.11 Å². The summed E-state index contributed by atoms with van der Waals surface area (Å²) >= 11 is 7.33. The molecule has 4 aromatic rings. The van der Waals surface area contributed by atoms with Gasteiger partial charge in [0, 0.05) is 5.70 Å². The number of nitrogens with one attached hydrogen (secondary N) is 1. The van der Waals surface area contributed by atoms with Crippen LogP contribution in [0.25, 0.3) is 16.3 Å². The lowest BCUT2D eigenvalue weighted by Gasteiger charge is -2.37. The highest BCUT2D eigenvalue weighted by Crippen LogP contribution is 2.38. The Balaban J connectivity index is 1.59. The Kier molecular flexibility index (Phi) is 5.63. The van der Waals surface area contributed by atoms with Crippen LogP contribution in [0.3, 0.4) is 0 Å². The summed E-state index contributed by atoms with van der Waals surface area (Å²) in [7, 11) is 0. The number of nitrogens with zero attached hydrogens (tertiary/aromatic N) is 3. The largest absolute Gasteiger partial charge is 0.467 e. The number of benzene rings is 1. The zero-order valence-corrected chi connectivity index (χ0v) is 19.4. The fourth-order valence-corrected chi connectivity index (χ4v) is 4.81. The Hall–Kier alpha value is -3.23. The molecule has 0 saturated carbocycles. The van der Waals surface area contributed by atoms with Crippen LogP contribution in [0.5, 0.6) is 0 Å². The van der Waals surface area contributed by atoms with E-state index in [0.717, 1.165) is 33.9 Å². The molecule has 0 amide bonds. The van der Waals surface area contributed by atoms with Crippen molar-refractivity contribution in [3.63, 3.8) is 0 Å². The van der Waals surface area contributed by atoms with E-state index in [1.54, 1.807) is 17.6 Å². The molecule has 4 heterocycles. The molecule has 162 valence electrons. The summed E-state index contributed by atoms with van der Waals surface area (Å²) in [6.45, 7) is 4.70. The van der Waals surface area contributed by atoms with Gasteiger partial charge in [-0.1, -0.05) is 42.4 Å². The number of furan rings is 1. The SMILES string of the molecule is CCc1ccc(C2NC(=S)N(Cc3ccco3)C(C)=C2c2nc(-c3cccs3)no2)cc1. The molecule has 3 aromatic heterocycles. The zero-order chi connectivity index (χ0) is 22.1. The van der Waals surface area contributed by atoms with Gasteiger partial charge in [-0.15, -0.1) is 11.3 Å². The second kappa shape index (κ2) is 8.72. The van der Waals surface area contributed by atoms with Gasteiger partial charge in [0.25, 0.3) is 5.89 Å². The van der Waals surface area contributed by atoms with Crippen LogP contribution in [-0.4, -0.2) is 20.2 Å². The predicted molar refractivity (Wildman–Crippen MR) is 129 cm³/mol. The Labute approximate surface area is 195 Å². The fourth-order valence-electron chi connectivity index (χ4n) is 3.84. The molecular formula is C24H22N4O2S2. The number of aryl methyl sites for hydroxylation is 1. The molecule has 8 heteroatoms. The van der Waals surface area contributed by atoms with Gasteiger partial charge >= 0.3 is 0 Å². The molecule has 32 heavy (non-hydrogen) atoms. The zero-order valence-electron chi connectivity index (χ0n) is 17.7. The monoisotopic (exact) mass is 462 g/mol. The fraction of sp³-hybridized carbons (Fsp3) is 0.208. The predicted octanol–water partition coefficient (Wildman–Crippen LogP) is 5.82. The van der Waals surface area contributed by atoms with Gasteiger partial charge < -0.3 is 19.2 Å². The van der Waals surface area contributed by atoms with E-state index < -0.39 is 0 Å². The Morgan fingerprint density at radius 2 is 2.00 bits per heavy atom. The van der Waals surface area contributed by atoms with E-state index in [9.17, 15) is 0 Å². The molecule has 1 atom stereocenters. The average Bonchev–Trinajstić information content (AvgIpc) is 3.59. The van der Waals surface area contributed by atoms with Crippen molar-refractivity contribution in [2.24, 2.45) is 0 Å². The normalized spacial score (nSPS) is 16.5. The highest BCUT2D eigenvalue weighted by Gasteiger charge is 2.34. The number of rotatable bonds is 6. The summed E-state index contributed by atoms with van der Waals surface area (Å²) in [6, 6.07) is 16.1. The smallest absolute Gasteiger partial charge is 0.258 e. The minimum atomic E-state index is -0.196. The van der Waals surface area contributed by atoms with Crippen molar-refractivity contribution in [2.45, 2.75) is 32.9 Å². The van der Waals surface area contributed by atoms with Crippen molar-refractivity contribution in [1.29, 1.82) is 0 Å². The first kappa shape index (κ1) is 20.7. The number of allylic oxidation sites excluding steroid dienone is 1. The third-order valence-corrected chi connectivity index (χ3v) is 6.81. The summed E-state index contributed by atoms with van der Waals surface area (Å²) in [4.78, 5) is 7.71. The van der Waals surface area contributed by atoms with Crippen LogP contribution in [0.4, 0.5) is 0 Å². The van der Waals surface area contributed by atoms with Crippen molar-refractivity contribution >= 4 is 34.2 Å². The number of hydrogen-bond donors (Lipinski definition) is 1. The Morgan fingerprint density at radius 3 is 2.69 bits per heavy atom. The third-order valence-electron chi connectivity index (χ3n) is 5.61. The molecule has 1 aromatic carbocycles. The van der Waals surface area contributed by atoms with Crippen LogP contribution in [0.1, 0.15) is 42.7 Å². The minimum Gasteiger partial charge on any atom is -0.467 e. The first-order valence-electron chi connectivity index (χ1n) is 10.4. The van der Waals surface area contributed by atoms with E-state index in [-0.39, 0.29) is 6.04 Å². The highest BCUT2D eigenvalue weighted by molar-refractivity contribution is 7.80. The van der Waals surface area contributed by atoms with Crippen molar-refractivity contribution < 1.29 is 8.94 Å². The van der Waals surface area contributed by atoms with Crippen molar-refractivity contribution in [1.82, 2.24) is 20.4 Å². The lowest BCUT2D eigenvalue weighted by Crippen LogP contribution is -2.45. The maximum atomic E-state index is 5.77. The maximum absolute atomic E-state index is 5.77. The molecule has 0 aliphatic carbocycles. The van der Waals surface area contributed by atoms with E-state index in [4.69, 9.17) is 26.1 Å². The second-order valence-electron chi connectivity index (χ2n) is 7.54. The van der Waals surface area contributed by atoms with Crippen LogP contribution in [0.2, 0.25) is 0 Å². The van der Waals surface area contributed by atoms with Crippen LogP contribution in [0.15, 0.2) is 74.8 Å². The van der Waals surface area contributed by atoms with Crippen molar-refractivity contribution in [2.75, 3.05) is 0 Å². The number of thiocarbonyl (C=S) groups is 1. The van der Waals surface area contributed by atoms with E-state index >= 15 is 0 Å². The van der Waals surface area contributed by atoms with Crippen LogP contribution >= 0.6 is 23.6 Å². The number of aromatic nitrogens is 2. The van der Waals surface area contributed by atoms with Gasteiger partial charge in [0.05, 0.1) is 29.3 Å². The quantitative estimate of drug-likeness (QED) is 0.362. The van der Waals surface area contributed by atoms with Gasteiger partial charge in [-0.05, 0) is 60.3 Å². The van der Waals surface area contributed by atoms with Gasteiger partial charge in [-0.25, -0.2) is 0 Å². The van der Waals surface area contributed by atoms with Gasteiger partial charge in [0.2, 0.25) is 5.82 Å². The summed E-state index contributed by atoms with van der Waals surface area (Å²) in [5.74, 6) is 1.89. The van der Waals surface area contributed by atoms with E-state index in [1.807, 2.05) is 41.5 Å². The molecule has 1 aliphatic heterocycles. The van der Waals surface area contributed by atoms with Crippen molar-refractivity contribution in [3.05, 3.63) is 88.6 Å². The third kappa shape index (κ3) is 3.87. The van der Waals surface area contributed by atoms with Crippen LogP contribution < -0.4 is 5.32 Å². The minimum absolute atomic E-state index is 0.196. The number of thiophene rings is 1. The van der Waals surface area contributed by atoms with E-state index in [0.29, 0.717) is 23.4 Å². The topological polar surface area (TPSA) is 67.3 Å². The Morgan fingerprint density at radius 1 is 1.16 bits per heavy atom. The van der Waals surface area contributed by atoms with Crippen LogP contribution in [-0.2, 0) is 13.0 Å². The molecule has 0 bridgehead atoms. The first-order valence-corrected chi connectivity index (χ1v) is 11.7. The lowest BCUT2D eigenvalue weighted by atomic mass is 9.94. The molecule has 1 aliphatic rings. The Bertz CT molecular complexity index is 1240. The van der Waals surface area contributed by atoms with Crippen LogP contribution in [0, 0.1) is 0 Å². The van der Waals surface area contributed by atoms with E-state index in [2.05, 4.69) is 41.7 Å². The molecule has 1 N–H and O–H groups in total. The second-order valence-corrected chi connectivity index (χ2v) is 8.88. The summed E-state index contributed by atoms with van der Waals surface area (Å²) in [5, 5.41) is 10.4. The molecule has 0 saturated heterocycles. The molecule has 5 rings (SSSR count). The first-order chi connectivity index (χ1) is 15.6. The maximum Gasteiger partial charge on any atom is 0.258 e. The molecule has 1 unspecified atom stereocenters. The number of hydrogen-bond acceptors (Lipinski definition) is 6. The average molecular weight is 463 g/mol. The van der Waals surface area contributed by atoms with Crippen molar-refractivity contribution in [3.8, 4) is 10.7 Å². The molecule has 0 spiro atoms.